The molecule has 0 saturated carbocycles. The first kappa shape index (κ1) is 18.7. The summed E-state index contributed by atoms with van der Waals surface area (Å²) in [6, 6.07) is 5.29. The third kappa shape index (κ3) is 4.45. The van der Waals surface area contributed by atoms with Crippen molar-refractivity contribution in [3.63, 3.8) is 0 Å². The van der Waals surface area contributed by atoms with E-state index in [1.54, 1.807) is 48.2 Å². The van der Waals surface area contributed by atoms with Gasteiger partial charge in [0, 0.05) is 38.7 Å². The first-order chi connectivity index (χ1) is 12.1. The van der Waals surface area contributed by atoms with E-state index >= 15 is 0 Å². The van der Waals surface area contributed by atoms with Gasteiger partial charge in [0.1, 0.15) is 0 Å². The van der Waals surface area contributed by atoms with E-state index in [0.717, 1.165) is 0 Å². The largest absolute Gasteiger partial charge is 0.842 e. The zero-order valence-corrected chi connectivity index (χ0v) is 14.6. The Morgan fingerprint density at radius 2 is 2.28 bits per heavy atom. The standard InChI is InChI=1S/C18H23N3O4/c1-4-9-15-17(22)20-12-7-6-10-16(20)21(18(15)23)13-8-11-19-25-14(3)24-5-2/h4,6-7,10-12,14H,1,5,8-9,13H2,2-3H3. The maximum atomic E-state index is 12.7. The van der Waals surface area contributed by atoms with Crippen molar-refractivity contribution >= 4 is 11.9 Å². The van der Waals surface area contributed by atoms with E-state index in [1.165, 1.54) is 4.40 Å². The summed E-state index contributed by atoms with van der Waals surface area (Å²) in [5.74, 6) is -0.298. The maximum Gasteiger partial charge on any atom is 0.345 e. The summed E-state index contributed by atoms with van der Waals surface area (Å²) < 4.78 is 8.25. The molecular formula is C18H23N3O4. The average Bonchev–Trinajstić information content (AvgIpc) is 2.61. The van der Waals surface area contributed by atoms with Crippen LogP contribution in [0.25, 0.3) is 5.65 Å². The molecule has 2 aromatic heterocycles. The van der Waals surface area contributed by atoms with Gasteiger partial charge in [-0.1, -0.05) is 17.3 Å². The van der Waals surface area contributed by atoms with E-state index in [1.807, 2.05) is 6.92 Å². The summed E-state index contributed by atoms with van der Waals surface area (Å²) in [5.41, 5.74) is 0.443. The molecule has 0 radical (unpaired) electrons. The summed E-state index contributed by atoms with van der Waals surface area (Å²) >= 11 is 0. The Labute approximate surface area is 146 Å². The lowest BCUT2D eigenvalue weighted by Gasteiger charge is -2.15. The average molecular weight is 345 g/mol. The highest BCUT2D eigenvalue weighted by Gasteiger charge is 2.16. The molecule has 7 nitrogen and oxygen atoms in total. The molecule has 0 spiro atoms. The number of pyridine rings is 1. The minimum Gasteiger partial charge on any atom is -0.842 e. The van der Waals surface area contributed by atoms with Crippen LogP contribution in [0.5, 0.6) is 5.88 Å². The third-order valence-corrected chi connectivity index (χ3v) is 3.61. The molecule has 7 heteroatoms. The van der Waals surface area contributed by atoms with E-state index in [0.29, 0.717) is 25.2 Å². The van der Waals surface area contributed by atoms with E-state index in [-0.39, 0.29) is 23.4 Å². The second-order valence-electron chi connectivity index (χ2n) is 5.37. The molecule has 1 unspecified atom stereocenters. The smallest absolute Gasteiger partial charge is 0.345 e. The van der Waals surface area contributed by atoms with Crippen LogP contribution in [0.3, 0.4) is 0 Å². The van der Waals surface area contributed by atoms with Crippen LogP contribution < -0.4 is 15.2 Å². The van der Waals surface area contributed by atoms with Crippen LogP contribution in [0.2, 0.25) is 0 Å². The lowest BCUT2D eigenvalue weighted by atomic mass is 10.2. The number of ether oxygens (including phenoxy) is 1. The fourth-order valence-corrected chi connectivity index (χ4v) is 2.50. The highest BCUT2D eigenvalue weighted by molar-refractivity contribution is 5.55. The predicted octanol–water partition coefficient (Wildman–Crippen LogP) is 1.16. The maximum absolute atomic E-state index is 12.7. The number of hydrogen-bond acceptors (Lipinski definition) is 5. The number of fused-ring (bicyclic) bond motifs is 1. The SMILES string of the molecule is C=CCc1c([O-])[n+](CCC=NOC(C)OCC)c2ccccn2c1=O. The minimum absolute atomic E-state index is 0.205. The highest BCUT2D eigenvalue weighted by atomic mass is 16.8. The van der Waals surface area contributed by atoms with Gasteiger partial charge < -0.3 is 14.7 Å². The molecule has 25 heavy (non-hydrogen) atoms. The van der Waals surface area contributed by atoms with Crippen molar-refractivity contribution in [3.05, 3.63) is 53.0 Å². The quantitative estimate of drug-likeness (QED) is 0.225. The van der Waals surface area contributed by atoms with Crippen LogP contribution in [0.1, 0.15) is 25.8 Å². The lowest BCUT2D eigenvalue weighted by Crippen LogP contribution is -2.44. The van der Waals surface area contributed by atoms with Crippen molar-refractivity contribution in [1.82, 2.24) is 4.40 Å². The van der Waals surface area contributed by atoms with Crippen molar-refractivity contribution in [2.75, 3.05) is 6.61 Å². The van der Waals surface area contributed by atoms with Gasteiger partial charge in [-0.2, -0.15) is 4.40 Å². The third-order valence-electron chi connectivity index (χ3n) is 3.61. The molecule has 0 aromatic carbocycles. The fraction of sp³-hybridized carbons (Fsp3) is 0.389. The second-order valence-corrected chi connectivity index (χ2v) is 5.37. The summed E-state index contributed by atoms with van der Waals surface area (Å²) in [7, 11) is 0. The van der Waals surface area contributed by atoms with Crippen molar-refractivity contribution in [2.45, 2.75) is 39.5 Å². The molecule has 0 amide bonds. The number of aryl methyl sites for hydroxylation is 1. The molecule has 0 N–H and O–H groups in total. The van der Waals surface area contributed by atoms with Crippen molar-refractivity contribution in [3.8, 4) is 5.88 Å². The molecular weight excluding hydrogens is 322 g/mol. The van der Waals surface area contributed by atoms with Gasteiger partial charge in [-0.15, -0.1) is 6.58 Å². The molecule has 2 rings (SSSR count). The first-order valence-corrected chi connectivity index (χ1v) is 8.23. The highest BCUT2D eigenvalue weighted by Crippen LogP contribution is 2.08. The van der Waals surface area contributed by atoms with E-state index in [2.05, 4.69) is 11.7 Å². The number of aromatic nitrogens is 2. The fourth-order valence-electron chi connectivity index (χ4n) is 2.50. The van der Waals surface area contributed by atoms with Crippen molar-refractivity contribution in [2.24, 2.45) is 5.16 Å². The Hall–Kier alpha value is -2.67. The summed E-state index contributed by atoms with van der Waals surface area (Å²) in [5, 5.41) is 16.5. The van der Waals surface area contributed by atoms with E-state index < -0.39 is 6.29 Å². The zero-order valence-electron chi connectivity index (χ0n) is 14.6. The van der Waals surface area contributed by atoms with Crippen molar-refractivity contribution in [1.29, 1.82) is 0 Å². The Balaban J connectivity index is 2.24. The van der Waals surface area contributed by atoms with Gasteiger partial charge in [0.2, 0.25) is 6.29 Å². The lowest BCUT2D eigenvalue weighted by molar-refractivity contribution is -0.715. The summed E-state index contributed by atoms with van der Waals surface area (Å²) in [6.07, 6.45) is 5.09. The molecule has 1 atom stereocenters. The van der Waals surface area contributed by atoms with Crippen LogP contribution in [-0.2, 0) is 22.5 Å². The Morgan fingerprint density at radius 3 is 3.00 bits per heavy atom. The van der Waals surface area contributed by atoms with Crippen LogP contribution in [-0.4, -0.2) is 23.5 Å². The molecule has 2 heterocycles. The van der Waals surface area contributed by atoms with E-state index in [9.17, 15) is 9.90 Å². The Morgan fingerprint density at radius 1 is 1.48 bits per heavy atom. The number of oxime groups is 1. The normalized spacial score (nSPS) is 12.6. The molecule has 0 bridgehead atoms. The van der Waals surface area contributed by atoms with Crippen LogP contribution in [0.15, 0.2) is 47.0 Å². The monoisotopic (exact) mass is 345 g/mol. The van der Waals surface area contributed by atoms with Crippen LogP contribution in [0.4, 0.5) is 0 Å². The van der Waals surface area contributed by atoms with Crippen LogP contribution in [0, 0.1) is 0 Å². The number of nitrogens with zero attached hydrogens (tertiary/aromatic N) is 3. The van der Waals surface area contributed by atoms with Gasteiger partial charge in [0.05, 0.1) is 24.2 Å². The number of allylic oxidation sites excluding steroid dienone is 1. The minimum atomic E-state index is -0.417. The predicted molar refractivity (Wildman–Crippen MR) is 92.5 cm³/mol. The summed E-state index contributed by atoms with van der Waals surface area (Å²) in [4.78, 5) is 17.6. The van der Waals surface area contributed by atoms with Gasteiger partial charge >= 0.3 is 5.56 Å². The van der Waals surface area contributed by atoms with Crippen LogP contribution >= 0.6 is 0 Å². The summed E-state index contributed by atoms with van der Waals surface area (Å²) in [6.45, 7) is 8.17. The molecule has 0 aliphatic carbocycles. The van der Waals surface area contributed by atoms with Gasteiger partial charge in [0.25, 0.3) is 5.65 Å². The molecule has 2 aromatic rings. The zero-order chi connectivity index (χ0) is 18.2. The molecule has 0 aliphatic rings. The second kappa shape index (κ2) is 8.98. The molecule has 0 aliphatic heterocycles. The van der Waals surface area contributed by atoms with Gasteiger partial charge in [-0.05, 0) is 13.0 Å². The first-order valence-electron chi connectivity index (χ1n) is 8.23. The van der Waals surface area contributed by atoms with E-state index in [4.69, 9.17) is 9.57 Å². The molecule has 0 saturated heterocycles. The van der Waals surface area contributed by atoms with Crippen molar-refractivity contribution < 1.29 is 19.2 Å². The Bertz CT molecular complexity index is 814. The molecule has 0 fully saturated rings. The topological polar surface area (TPSA) is 79.2 Å². The Kier molecular flexibility index (Phi) is 6.71. The number of rotatable bonds is 9. The molecule has 134 valence electrons. The number of hydrogen-bond donors (Lipinski definition) is 0. The van der Waals surface area contributed by atoms with Gasteiger partial charge in [-0.3, -0.25) is 0 Å². The van der Waals surface area contributed by atoms with Gasteiger partial charge in [0.15, 0.2) is 0 Å². The van der Waals surface area contributed by atoms with Gasteiger partial charge in [-0.25, -0.2) is 9.36 Å².